The van der Waals surface area contributed by atoms with Gasteiger partial charge in [0.15, 0.2) is 23.3 Å². The van der Waals surface area contributed by atoms with Gasteiger partial charge in [0.25, 0.3) is 5.91 Å². The summed E-state index contributed by atoms with van der Waals surface area (Å²) in [4.78, 5) is 13.3. The monoisotopic (exact) mass is 442 g/mol. The number of anilines is 1. The Bertz CT molecular complexity index is 1040. The van der Waals surface area contributed by atoms with E-state index in [0.29, 0.717) is 18.8 Å². The van der Waals surface area contributed by atoms with Gasteiger partial charge in [0.2, 0.25) is 5.82 Å². The van der Waals surface area contributed by atoms with Gasteiger partial charge in [-0.3, -0.25) is 4.79 Å². The third kappa shape index (κ3) is 3.58. The van der Waals surface area contributed by atoms with E-state index in [2.05, 4.69) is 26.1 Å². The van der Waals surface area contributed by atoms with Gasteiger partial charge in [-0.1, -0.05) is 27.2 Å². The van der Waals surface area contributed by atoms with E-state index in [1.165, 1.54) is 0 Å². The summed E-state index contributed by atoms with van der Waals surface area (Å²) in [6.07, 6.45) is 3.12. The van der Waals surface area contributed by atoms with Gasteiger partial charge in [0.1, 0.15) is 16.6 Å². The fourth-order valence-corrected chi connectivity index (χ4v) is 4.99. The average Bonchev–Trinajstić information content (AvgIpc) is 3.06. The first-order valence-electron chi connectivity index (χ1n) is 9.40. The van der Waals surface area contributed by atoms with Gasteiger partial charge in [-0.15, -0.1) is 11.3 Å². The Hall–Kier alpha value is -2.47. The number of nitrogens with zero attached hydrogens (tertiary/aromatic N) is 1. The molecule has 1 N–H and O–H groups in total. The molecule has 1 atom stereocenters. The maximum absolute atomic E-state index is 13.9. The summed E-state index contributed by atoms with van der Waals surface area (Å²) in [6.45, 7) is 6.42. The van der Waals surface area contributed by atoms with Gasteiger partial charge in [-0.05, 0) is 36.2 Å². The van der Waals surface area contributed by atoms with E-state index >= 15 is 0 Å². The van der Waals surface area contributed by atoms with Crippen molar-refractivity contribution >= 4 is 22.2 Å². The van der Waals surface area contributed by atoms with Crippen LogP contribution in [0.5, 0.6) is 0 Å². The Morgan fingerprint density at radius 3 is 2.23 bits per heavy atom. The normalized spacial score (nSPS) is 16.2. The summed E-state index contributed by atoms with van der Waals surface area (Å²) in [5.74, 6) is -12.3. The summed E-state index contributed by atoms with van der Waals surface area (Å²) in [6, 6.07) is 1.99. The van der Waals surface area contributed by atoms with Crippen LogP contribution in [0.15, 0.2) is 0 Å². The number of hydrogen-bond acceptors (Lipinski definition) is 3. The fraction of sp³-hybridized carbons (Fsp3) is 0.429. The van der Waals surface area contributed by atoms with Crippen LogP contribution in [0.2, 0.25) is 0 Å². The van der Waals surface area contributed by atoms with Crippen LogP contribution in [0.4, 0.5) is 27.0 Å². The molecule has 9 heteroatoms. The Kier molecular flexibility index (Phi) is 5.92. The Balaban J connectivity index is 1.97. The molecule has 1 amide bonds. The topological polar surface area (TPSA) is 52.9 Å². The summed E-state index contributed by atoms with van der Waals surface area (Å²) in [5.41, 5.74) is -0.571. The number of amides is 1. The molecule has 1 heterocycles. The first kappa shape index (κ1) is 22.2. The van der Waals surface area contributed by atoms with Crippen LogP contribution >= 0.6 is 11.3 Å². The van der Waals surface area contributed by atoms with E-state index in [1.54, 1.807) is 0 Å². The van der Waals surface area contributed by atoms with Crippen molar-refractivity contribution in [2.45, 2.75) is 46.5 Å². The molecule has 0 radical (unpaired) electrons. The second-order valence-electron chi connectivity index (χ2n) is 8.00. The molecule has 0 spiro atoms. The molecule has 1 aliphatic rings. The van der Waals surface area contributed by atoms with Crippen LogP contribution in [-0.2, 0) is 12.8 Å². The highest BCUT2D eigenvalue weighted by Crippen LogP contribution is 2.45. The predicted molar refractivity (Wildman–Crippen MR) is 103 cm³/mol. The fourth-order valence-electron chi connectivity index (χ4n) is 3.72. The van der Waals surface area contributed by atoms with Crippen LogP contribution in [0.1, 0.15) is 60.0 Å². The molecule has 0 aliphatic heterocycles. The SMILES string of the molecule is CCC(C)(C)C1CCc2c(sc(NC(=O)c3c(F)c(F)c(F)c(F)c3F)c2C#N)C1. The molecule has 2 aromatic rings. The Morgan fingerprint density at radius 1 is 1.13 bits per heavy atom. The van der Waals surface area contributed by atoms with Crippen molar-refractivity contribution < 1.29 is 26.7 Å². The molecule has 0 fully saturated rings. The lowest BCUT2D eigenvalue weighted by atomic mass is 9.69. The zero-order valence-electron chi connectivity index (χ0n) is 16.6. The van der Waals surface area contributed by atoms with Gasteiger partial charge >= 0.3 is 0 Å². The second-order valence-corrected chi connectivity index (χ2v) is 9.11. The standard InChI is InChI=1S/C21H19F5N2OS/c1-4-21(2,3)9-5-6-10-11(8-27)20(30-12(10)7-9)28-19(29)13-14(22)16(24)18(26)17(25)15(13)23/h9H,4-7H2,1-3H3,(H,28,29). The van der Waals surface area contributed by atoms with E-state index in [9.17, 15) is 32.0 Å². The van der Waals surface area contributed by atoms with Crippen LogP contribution < -0.4 is 5.32 Å². The molecule has 1 aromatic carbocycles. The largest absolute Gasteiger partial charge is 0.312 e. The highest BCUT2D eigenvalue weighted by Gasteiger charge is 2.35. The van der Waals surface area contributed by atoms with Crippen LogP contribution in [-0.4, -0.2) is 5.91 Å². The summed E-state index contributed by atoms with van der Waals surface area (Å²) >= 11 is 1.10. The van der Waals surface area contributed by atoms with E-state index in [1.807, 2.05) is 6.07 Å². The third-order valence-corrected chi connectivity index (χ3v) is 7.23. The van der Waals surface area contributed by atoms with Gasteiger partial charge in [0.05, 0.1) is 5.56 Å². The predicted octanol–water partition coefficient (Wildman–Crippen LogP) is 6.11. The van der Waals surface area contributed by atoms with Crippen molar-refractivity contribution in [3.8, 4) is 6.07 Å². The van der Waals surface area contributed by atoms with E-state index in [4.69, 9.17) is 0 Å². The molecule has 30 heavy (non-hydrogen) atoms. The van der Waals surface area contributed by atoms with Gasteiger partial charge < -0.3 is 5.32 Å². The number of fused-ring (bicyclic) bond motifs is 1. The van der Waals surface area contributed by atoms with Crippen LogP contribution in [0, 0.1) is 51.8 Å². The lowest BCUT2D eigenvalue weighted by Crippen LogP contribution is -2.28. The molecule has 0 saturated heterocycles. The van der Waals surface area contributed by atoms with Crippen molar-refractivity contribution in [3.63, 3.8) is 0 Å². The van der Waals surface area contributed by atoms with Crippen molar-refractivity contribution in [3.05, 3.63) is 50.7 Å². The van der Waals surface area contributed by atoms with Gasteiger partial charge in [-0.25, -0.2) is 22.0 Å². The first-order valence-corrected chi connectivity index (χ1v) is 10.2. The zero-order chi connectivity index (χ0) is 22.4. The number of nitriles is 1. The number of carbonyl (C=O) groups is 1. The number of nitrogens with one attached hydrogen (secondary N) is 1. The average molecular weight is 442 g/mol. The minimum Gasteiger partial charge on any atom is -0.312 e. The van der Waals surface area contributed by atoms with Crippen LogP contribution in [0.3, 0.4) is 0 Å². The molecule has 1 aliphatic carbocycles. The quantitative estimate of drug-likeness (QED) is 0.353. The molecule has 0 bridgehead atoms. The minimum atomic E-state index is -2.34. The third-order valence-electron chi connectivity index (χ3n) is 6.06. The lowest BCUT2D eigenvalue weighted by molar-refractivity contribution is 0.101. The molecular weight excluding hydrogens is 423 g/mol. The highest BCUT2D eigenvalue weighted by atomic mass is 32.1. The first-order chi connectivity index (χ1) is 14.0. The number of halogens is 5. The molecule has 0 saturated carbocycles. The van der Waals surface area contributed by atoms with E-state index in [0.717, 1.165) is 34.6 Å². The van der Waals surface area contributed by atoms with E-state index < -0.39 is 40.6 Å². The second kappa shape index (κ2) is 7.99. The highest BCUT2D eigenvalue weighted by molar-refractivity contribution is 7.16. The number of benzene rings is 1. The zero-order valence-corrected chi connectivity index (χ0v) is 17.4. The minimum absolute atomic E-state index is 0.0476. The van der Waals surface area contributed by atoms with E-state index in [-0.39, 0.29) is 16.0 Å². The molecule has 3 rings (SSSR count). The number of carbonyl (C=O) groups excluding carboxylic acids is 1. The smallest absolute Gasteiger partial charge is 0.262 e. The Morgan fingerprint density at radius 2 is 1.70 bits per heavy atom. The molecule has 3 nitrogen and oxygen atoms in total. The van der Waals surface area contributed by atoms with Crippen molar-refractivity contribution in [2.75, 3.05) is 5.32 Å². The van der Waals surface area contributed by atoms with Crippen molar-refractivity contribution in [2.24, 2.45) is 11.3 Å². The summed E-state index contributed by atoms with van der Waals surface area (Å²) < 4.78 is 68.0. The lowest BCUT2D eigenvalue weighted by Gasteiger charge is -2.36. The summed E-state index contributed by atoms with van der Waals surface area (Å²) in [5, 5.41) is 11.8. The maximum atomic E-state index is 13.9. The molecular formula is C21H19F5N2OS. The van der Waals surface area contributed by atoms with Crippen LogP contribution in [0.25, 0.3) is 0 Å². The van der Waals surface area contributed by atoms with Crippen molar-refractivity contribution in [1.29, 1.82) is 5.26 Å². The molecule has 160 valence electrons. The molecule has 1 aromatic heterocycles. The van der Waals surface area contributed by atoms with Crippen molar-refractivity contribution in [1.82, 2.24) is 0 Å². The maximum Gasteiger partial charge on any atom is 0.262 e. The van der Waals surface area contributed by atoms with Gasteiger partial charge in [0, 0.05) is 4.88 Å². The number of hydrogen-bond donors (Lipinski definition) is 1. The molecule has 1 unspecified atom stereocenters. The Labute approximate surface area is 174 Å². The number of thiophene rings is 1. The number of rotatable bonds is 4. The summed E-state index contributed by atoms with van der Waals surface area (Å²) in [7, 11) is 0. The van der Waals surface area contributed by atoms with Gasteiger partial charge in [-0.2, -0.15) is 5.26 Å².